The number of likely N-dealkylation sites (tertiary alicyclic amines) is 1. The predicted molar refractivity (Wildman–Crippen MR) is 85.7 cm³/mol. The number of carbonyl (C=O) groups excluding carboxylic acids is 2. The topological polar surface area (TPSA) is 49.4 Å². The molecule has 2 aliphatic rings. The fourth-order valence-electron chi connectivity index (χ4n) is 3.30. The molecule has 26 heavy (non-hydrogen) atoms. The van der Waals surface area contributed by atoms with Gasteiger partial charge < -0.3 is 10.2 Å². The summed E-state index contributed by atoms with van der Waals surface area (Å²) in [4.78, 5) is 26.4. The average Bonchev–Trinajstić information content (AvgIpc) is 3.24. The van der Waals surface area contributed by atoms with Crippen LogP contribution in [0.4, 0.5) is 17.6 Å². The number of amides is 2. The van der Waals surface area contributed by atoms with Gasteiger partial charge in [-0.15, -0.1) is 0 Å². The summed E-state index contributed by atoms with van der Waals surface area (Å²) >= 11 is 0. The summed E-state index contributed by atoms with van der Waals surface area (Å²) < 4.78 is 52.2. The normalized spacial score (nSPS) is 21.5. The molecular formula is C18H20F4N2O2. The Labute approximate surface area is 148 Å². The van der Waals surface area contributed by atoms with Gasteiger partial charge in [-0.1, -0.05) is 12.1 Å². The van der Waals surface area contributed by atoms with E-state index in [1.807, 2.05) is 0 Å². The Morgan fingerprint density at radius 1 is 1.15 bits per heavy atom. The van der Waals surface area contributed by atoms with E-state index in [1.165, 1.54) is 17.0 Å². The lowest BCUT2D eigenvalue weighted by Gasteiger charge is -2.29. The molecule has 1 aromatic rings. The molecule has 2 unspecified atom stereocenters. The van der Waals surface area contributed by atoms with Crippen molar-refractivity contribution in [2.75, 3.05) is 6.54 Å². The molecule has 1 aliphatic heterocycles. The first kappa shape index (κ1) is 18.7. The lowest BCUT2D eigenvalue weighted by molar-refractivity contribution is -0.154. The quantitative estimate of drug-likeness (QED) is 0.808. The zero-order chi connectivity index (χ0) is 18.9. The van der Waals surface area contributed by atoms with Crippen LogP contribution in [0.3, 0.4) is 0 Å². The van der Waals surface area contributed by atoms with Gasteiger partial charge in [0.25, 0.3) is 0 Å². The van der Waals surface area contributed by atoms with Crippen LogP contribution in [0, 0.1) is 5.82 Å². The van der Waals surface area contributed by atoms with Gasteiger partial charge in [-0.25, -0.2) is 4.39 Å². The van der Waals surface area contributed by atoms with Crippen molar-refractivity contribution < 1.29 is 27.2 Å². The first-order chi connectivity index (χ1) is 12.2. The minimum absolute atomic E-state index is 0.0991. The van der Waals surface area contributed by atoms with Gasteiger partial charge in [0, 0.05) is 12.6 Å². The van der Waals surface area contributed by atoms with E-state index in [4.69, 9.17) is 0 Å². The summed E-state index contributed by atoms with van der Waals surface area (Å²) in [6.45, 7) is 0.247. The van der Waals surface area contributed by atoms with Gasteiger partial charge in [0.15, 0.2) is 0 Å². The van der Waals surface area contributed by atoms with Crippen molar-refractivity contribution in [1.82, 2.24) is 10.2 Å². The fraction of sp³-hybridized carbons (Fsp3) is 0.556. The average molecular weight is 372 g/mol. The number of nitrogens with one attached hydrogen (secondary N) is 1. The van der Waals surface area contributed by atoms with Crippen molar-refractivity contribution in [2.24, 2.45) is 0 Å². The number of carbonyl (C=O) groups is 2. The second-order valence-electron chi connectivity index (χ2n) is 6.90. The summed E-state index contributed by atoms with van der Waals surface area (Å²) in [5.74, 6) is -3.11. The molecule has 8 heteroatoms. The highest BCUT2D eigenvalue weighted by Gasteiger charge is 2.43. The molecule has 1 heterocycles. The smallest absolute Gasteiger partial charge is 0.352 e. The summed E-state index contributed by atoms with van der Waals surface area (Å²) in [5.41, 5.74) is 0.0991. The molecule has 0 radical (unpaired) electrons. The van der Waals surface area contributed by atoms with E-state index >= 15 is 0 Å². The SMILES string of the molecule is O=C(NC1CC1)C1CCCN1C(=O)C(CC(F)(F)F)c1ccc(F)cc1. The van der Waals surface area contributed by atoms with E-state index in [1.54, 1.807) is 0 Å². The Hall–Kier alpha value is -2.12. The Morgan fingerprint density at radius 2 is 1.81 bits per heavy atom. The fourth-order valence-corrected chi connectivity index (χ4v) is 3.30. The molecule has 0 aromatic heterocycles. The molecule has 142 valence electrons. The van der Waals surface area contributed by atoms with E-state index in [0.29, 0.717) is 12.8 Å². The molecule has 0 spiro atoms. The zero-order valence-corrected chi connectivity index (χ0v) is 14.1. The van der Waals surface area contributed by atoms with Gasteiger partial charge in [0.1, 0.15) is 11.9 Å². The van der Waals surface area contributed by atoms with E-state index in [2.05, 4.69) is 5.32 Å². The Morgan fingerprint density at radius 3 is 2.38 bits per heavy atom. The predicted octanol–water partition coefficient (Wildman–Crippen LogP) is 3.13. The summed E-state index contributed by atoms with van der Waals surface area (Å²) in [6, 6.07) is 3.83. The molecule has 0 bridgehead atoms. The molecule has 2 fully saturated rings. The van der Waals surface area contributed by atoms with Crippen LogP contribution in [0.25, 0.3) is 0 Å². The Bertz CT molecular complexity index is 671. The molecule has 4 nitrogen and oxygen atoms in total. The molecule has 1 saturated heterocycles. The lowest BCUT2D eigenvalue weighted by atomic mass is 9.93. The highest BCUT2D eigenvalue weighted by atomic mass is 19.4. The molecule has 1 aliphatic carbocycles. The van der Waals surface area contributed by atoms with Gasteiger partial charge in [-0.2, -0.15) is 13.2 Å². The third-order valence-corrected chi connectivity index (χ3v) is 4.77. The number of alkyl halides is 3. The number of nitrogens with zero attached hydrogens (tertiary/aromatic N) is 1. The summed E-state index contributed by atoms with van der Waals surface area (Å²) in [7, 11) is 0. The summed E-state index contributed by atoms with van der Waals surface area (Å²) in [5, 5.41) is 2.81. The van der Waals surface area contributed by atoms with Crippen LogP contribution >= 0.6 is 0 Å². The molecule has 1 saturated carbocycles. The van der Waals surface area contributed by atoms with Gasteiger partial charge >= 0.3 is 6.18 Å². The zero-order valence-electron chi connectivity index (χ0n) is 14.1. The van der Waals surface area contributed by atoms with Crippen LogP contribution in [0.15, 0.2) is 24.3 Å². The van der Waals surface area contributed by atoms with Crippen molar-refractivity contribution in [3.63, 3.8) is 0 Å². The van der Waals surface area contributed by atoms with E-state index in [9.17, 15) is 27.2 Å². The lowest BCUT2D eigenvalue weighted by Crippen LogP contribution is -2.48. The highest BCUT2D eigenvalue weighted by molar-refractivity contribution is 5.91. The van der Waals surface area contributed by atoms with Gasteiger partial charge in [0.2, 0.25) is 11.8 Å². The molecule has 1 aromatic carbocycles. The van der Waals surface area contributed by atoms with E-state index in [0.717, 1.165) is 25.0 Å². The third kappa shape index (κ3) is 4.53. The second-order valence-corrected chi connectivity index (χ2v) is 6.90. The van der Waals surface area contributed by atoms with Crippen molar-refractivity contribution in [2.45, 2.75) is 56.3 Å². The van der Waals surface area contributed by atoms with Gasteiger partial charge in [-0.05, 0) is 43.4 Å². The minimum Gasteiger partial charge on any atom is -0.352 e. The maximum absolute atomic E-state index is 13.1. The first-order valence-electron chi connectivity index (χ1n) is 8.67. The van der Waals surface area contributed by atoms with E-state index in [-0.39, 0.29) is 24.1 Å². The maximum Gasteiger partial charge on any atom is 0.390 e. The van der Waals surface area contributed by atoms with Crippen LogP contribution in [0.1, 0.15) is 43.6 Å². The van der Waals surface area contributed by atoms with Crippen LogP contribution in [0.2, 0.25) is 0 Å². The maximum atomic E-state index is 13.1. The van der Waals surface area contributed by atoms with Crippen LogP contribution in [-0.4, -0.2) is 41.5 Å². The van der Waals surface area contributed by atoms with Crippen molar-refractivity contribution in [1.29, 1.82) is 0 Å². The number of benzene rings is 1. The number of hydrogen-bond acceptors (Lipinski definition) is 2. The third-order valence-electron chi connectivity index (χ3n) is 4.77. The standard InChI is InChI=1S/C18H20F4N2O2/c19-12-5-3-11(4-6-12)14(10-18(20,21)22)17(26)24-9-1-2-15(24)16(25)23-13-7-8-13/h3-6,13-15H,1-2,7-10H2,(H,23,25). The highest BCUT2D eigenvalue weighted by Crippen LogP contribution is 2.34. The largest absolute Gasteiger partial charge is 0.390 e. The van der Waals surface area contributed by atoms with Crippen molar-refractivity contribution in [3.8, 4) is 0 Å². The van der Waals surface area contributed by atoms with Crippen LogP contribution < -0.4 is 5.32 Å². The second kappa shape index (κ2) is 7.25. The van der Waals surface area contributed by atoms with Crippen molar-refractivity contribution in [3.05, 3.63) is 35.6 Å². The molecule has 2 amide bonds. The monoisotopic (exact) mass is 372 g/mol. The van der Waals surface area contributed by atoms with Gasteiger partial charge in [0.05, 0.1) is 12.3 Å². The van der Waals surface area contributed by atoms with Crippen LogP contribution in [0.5, 0.6) is 0 Å². The Kier molecular flexibility index (Phi) is 5.20. The molecular weight excluding hydrogens is 352 g/mol. The van der Waals surface area contributed by atoms with Gasteiger partial charge in [-0.3, -0.25) is 9.59 Å². The van der Waals surface area contributed by atoms with E-state index < -0.39 is 36.3 Å². The number of halogens is 4. The Balaban J connectivity index is 1.81. The first-order valence-corrected chi connectivity index (χ1v) is 8.67. The molecule has 2 atom stereocenters. The molecule has 1 N–H and O–H groups in total. The summed E-state index contributed by atoms with van der Waals surface area (Å²) in [6.07, 6.45) is -3.12. The minimum atomic E-state index is -4.56. The van der Waals surface area contributed by atoms with Crippen LogP contribution in [-0.2, 0) is 9.59 Å². The van der Waals surface area contributed by atoms with Crippen molar-refractivity contribution >= 4 is 11.8 Å². The molecule has 3 rings (SSSR count). The number of hydrogen-bond donors (Lipinski definition) is 1. The number of rotatable bonds is 5.